The Hall–Kier alpha value is -2.37. The Morgan fingerprint density at radius 2 is 1.22 bits per heavy atom. The van der Waals surface area contributed by atoms with Crippen LogP contribution in [0.5, 0.6) is 0 Å². The van der Waals surface area contributed by atoms with Crippen LogP contribution in [0, 0.1) is 0 Å². The van der Waals surface area contributed by atoms with E-state index in [-0.39, 0.29) is 0 Å². The van der Waals surface area contributed by atoms with Crippen molar-refractivity contribution in [3.05, 3.63) is 38.0 Å². The molecule has 0 unspecified atom stereocenters. The Morgan fingerprint density at radius 3 is 1.67 bits per heavy atom. The smallest absolute Gasteiger partial charge is 0.178 e. The molecule has 18 heavy (non-hydrogen) atoms. The molecule has 96 valence electrons. The average molecular weight is 246 g/mol. The van der Waals surface area contributed by atoms with E-state index in [0.717, 1.165) is 5.69 Å². The first-order valence-corrected chi connectivity index (χ1v) is 5.61. The van der Waals surface area contributed by atoms with E-state index >= 15 is 0 Å². The van der Waals surface area contributed by atoms with E-state index in [1.165, 1.54) is 0 Å². The number of anilines is 3. The zero-order valence-electron chi connectivity index (χ0n) is 10.3. The van der Waals surface area contributed by atoms with Crippen molar-refractivity contribution in [2.45, 2.75) is 0 Å². The third kappa shape index (κ3) is 3.89. The van der Waals surface area contributed by atoms with E-state index in [9.17, 15) is 0 Å². The third-order valence-corrected chi connectivity index (χ3v) is 2.01. The van der Waals surface area contributed by atoms with Gasteiger partial charge < -0.3 is 16.0 Å². The Morgan fingerprint density at radius 1 is 0.778 bits per heavy atom. The summed E-state index contributed by atoms with van der Waals surface area (Å²) in [5, 5.41) is 21.0. The van der Waals surface area contributed by atoms with Gasteiger partial charge in [0, 0.05) is 19.6 Å². The molecule has 0 aliphatic carbocycles. The van der Waals surface area contributed by atoms with Crippen molar-refractivity contribution in [3.8, 4) is 0 Å². The molecular weight excluding hydrogens is 228 g/mol. The molecule has 0 bridgehead atoms. The lowest BCUT2D eigenvalue weighted by molar-refractivity contribution is 0.868. The number of nitrogens with one attached hydrogen (secondary N) is 3. The molecule has 0 aromatic carbocycles. The molecule has 3 N–H and O–H groups in total. The molecule has 6 heteroatoms. The number of hydrogen-bond acceptors (Lipinski definition) is 6. The monoisotopic (exact) mass is 246 g/mol. The lowest BCUT2D eigenvalue weighted by Gasteiger charge is -2.13. The van der Waals surface area contributed by atoms with Crippen LogP contribution in [0.15, 0.2) is 38.0 Å². The second-order valence-electron chi connectivity index (χ2n) is 3.37. The van der Waals surface area contributed by atoms with E-state index in [1.54, 1.807) is 18.2 Å². The van der Waals surface area contributed by atoms with E-state index in [1.807, 2.05) is 0 Å². The van der Waals surface area contributed by atoms with Gasteiger partial charge in [0.1, 0.15) is 5.69 Å². The summed E-state index contributed by atoms with van der Waals surface area (Å²) in [6.07, 6.45) is 5.25. The lowest BCUT2D eigenvalue weighted by atomic mass is 10.4. The molecule has 1 heterocycles. The molecular formula is C12H18N6. The normalized spacial score (nSPS) is 9.33. The standard InChI is InChI=1S/C12H18N6/c1-4-7-13-10-11(14-8-5-2)16-18-17-12(10)15-9-6-3/h4-6H,1-3,7-9H2,(H,13,18)(H2,14,15,16,17). The van der Waals surface area contributed by atoms with Crippen molar-refractivity contribution in [2.24, 2.45) is 0 Å². The fourth-order valence-corrected chi connectivity index (χ4v) is 1.25. The number of aromatic nitrogens is 3. The number of hydrogen-bond donors (Lipinski definition) is 3. The van der Waals surface area contributed by atoms with Crippen molar-refractivity contribution >= 4 is 17.3 Å². The minimum atomic E-state index is 0.600. The lowest BCUT2D eigenvalue weighted by Crippen LogP contribution is -2.13. The topological polar surface area (TPSA) is 74.8 Å². The molecule has 0 aliphatic rings. The highest BCUT2D eigenvalue weighted by molar-refractivity contribution is 5.76. The van der Waals surface area contributed by atoms with Crippen molar-refractivity contribution in [1.82, 2.24) is 15.4 Å². The summed E-state index contributed by atoms with van der Waals surface area (Å²) in [5.41, 5.74) is 0.758. The van der Waals surface area contributed by atoms with Gasteiger partial charge in [0.2, 0.25) is 0 Å². The fourth-order valence-electron chi connectivity index (χ4n) is 1.25. The van der Waals surface area contributed by atoms with E-state index in [4.69, 9.17) is 0 Å². The molecule has 0 aliphatic heterocycles. The maximum Gasteiger partial charge on any atom is 0.178 e. The van der Waals surface area contributed by atoms with E-state index in [0.29, 0.717) is 31.3 Å². The van der Waals surface area contributed by atoms with Crippen LogP contribution < -0.4 is 16.0 Å². The highest BCUT2D eigenvalue weighted by atomic mass is 15.4. The van der Waals surface area contributed by atoms with Crippen LogP contribution >= 0.6 is 0 Å². The summed E-state index contributed by atoms with van der Waals surface area (Å²) in [4.78, 5) is 0. The summed E-state index contributed by atoms with van der Waals surface area (Å²) in [7, 11) is 0. The fraction of sp³-hybridized carbons (Fsp3) is 0.250. The average Bonchev–Trinajstić information content (AvgIpc) is 2.41. The van der Waals surface area contributed by atoms with Gasteiger partial charge in [-0.15, -0.1) is 29.9 Å². The molecule has 0 radical (unpaired) electrons. The van der Waals surface area contributed by atoms with Crippen LogP contribution in [0.3, 0.4) is 0 Å². The van der Waals surface area contributed by atoms with Gasteiger partial charge in [-0.05, 0) is 5.21 Å². The first-order valence-electron chi connectivity index (χ1n) is 5.61. The molecule has 0 atom stereocenters. The Labute approximate surface area is 107 Å². The minimum absolute atomic E-state index is 0.600. The van der Waals surface area contributed by atoms with Crippen LogP contribution in [-0.4, -0.2) is 35.0 Å². The largest absolute Gasteiger partial charge is 0.375 e. The molecule has 6 nitrogen and oxygen atoms in total. The molecule has 0 amide bonds. The number of nitrogens with zero attached hydrogens (tertiary/aromatic N) is 3. The van der Waals surface area contributed by atoms with Gasteiger partial charge in [-0.3, -0.25) is 0 Å². The first-order chi connectivity index (χ1) is 8.83. The van der Waals surface area contributed by atoms with Crippen LogP contribution in [-0.2, 0) is 0 Å². The van der Waals surface area contributed by atoms with Gasteiger partial charge in [0.15, 0.2) is 11.6 Å². The molecule has 0 spiro atoms. The van der Waals surface area contributed by atoms with Crippen LogP contribution in [0.2, 0.25) is 0 Å². The molecule has 0 saturated heterocycles. The Bertz CT molecular complexity index is 385. The van der Waals surface area contributed by atoms with Gasteiger partial charge in [-0.1, -0.05) is 18.2 Å². The van der Waals surface area contributed by atoms with Crippen LogP contribution in [0.25, 0.3) is 0 Å². The molecule has 0 fully saturated rings. The Balaban J connectivity index is 2.94. The highest BCUT2D eigenvalue weighted by Crippen LogP contribution is 2.25. The second-order valence-corrected chi connectivity index (χ2v) is 3.37. The zero-order valence-corrected chi connectivity index (χ0v) is 10.3. The molecule has 1 aromatic heterocycles. The van der Waals surface area contributed by atoms with Crippen molar-refractivity contribution in [3.63, 3.8) is 0 Å². The van der Waals surface area contributed by atoms with Gasteiger partial charge in [-0.25, -0.2) is 0 Å². The maximum absolute atomic E-state index is 3.96. The van der Waals surface area contributed by atoms with Crippen molar-refractivity contribution in [2.75, 3.05) is 35.6 Å². The summed E-state index contributed by atoms with van der Waals surface area (Å²) in [6, 6.07) is 0. The summed E-state index contributed by atoms with van der Waals surface area (Å²) < 4.78 is 0. The zero-order chi connectivity index (χ0) is 13.2. The van der Waals surface area contributed by atoms with Crippen molar-refractivity contribution in [1.29, 1.82) is 0 Å². The third-order valence-electron chi connectivity index (χ3n) is 2.01. The predicted octanol–water partition coefficient (Wildman–Crippen LogP) is 1.67. The molecule has 1 aromatic rings. The minimum Gasteiger partial charge on any atom is -0.375 e. The van der Waals surface area contributed by atoms with Gasteiger partial charge >= 0.3 is 0 Å². The molecule has 0 saturated carbocycles. The summed E-state index contributed by atoms with van der Waals surface area (Å²) in [6.45, 7) is 12.8. The quantitative estimate of drug-likeness (QED) is 0.575. The highest BCUT2D eigenvalue weighted by Gasteiger charge is 2.10. The Kier molecular flexibility index (Phi) is 5.96. The SMILES string of the molecule is C=CCNc1nnnc(NCC=C)c1NCC=C. The van der Waals surface area contributed by atoms with Crippen LogP contribution in [0.4, 0.5) is 17.3 Å². The molecule has 1 rings (SSSR count). The summed E-state index contributed by atoms with van der Waals surface area (Å²) in [5.74, 6) is 1.25. The van der Waals surface area contributed by atoms with Gasteiger partial charge in [0.25, 0.3) is 0 Å². The number of rotatable bonds is 9. The maximum atomic E-state index is 3.96. The van der Waals surface area contributed by atoms with Gasteiger partial charge in [-0.2, -0.15) is 0 Å². The summed E-state index contributed by atoms with van der Waals surface area (Å²) >= 11 is 0. The predicted molar refractivity (Wildman–Crippen MR) is 75.9 cm³/mol. The van der Waals surface area contributed by atoms with E-state index in [2.05, 4.69) is 51.1 Å². The first kappa shape index (κ1) is 13.7. The second kappa shape index (κ2) is 7.83. The van der Waals surface area contributed by atoms with Crippen molar-refractivity contribution < 1.29 is 0 Å². The van der Waals surface area contributed by atoms with Crippen LogP contribution in [0.1, 0.15) is 0 Å². The van der Waals surface area contributed by atoms with E-state index < -0.39 is 0 Å². The van der Waals surface area contributed by atoms with Gasteiger partial charge in [0.05, 0.1) is 0 Å².